The van der Waals surface area contributed by atoms with Crippen molar-refractivity contribution in [3.8, 4) is 0 Å². The van der Waals surface area contributed by atoms with Gasteiger partial charge in [0, 0.05) is 6.08 Å². The van der Waals surface area contributed by atoms with Crippen molar-refractivity contribution in [1.82, 2.24) is 0 Å². The lowest BCUT2D eigenvalue weighted by Crippen LogP contribution is -2.04. The van der Waals surface area contributed by atoms with Crippen LogP contribution in [0.1, 0.15) is 0 Å². The number of hydrogen-bond donors (Lipinski definition) is 3. The van der Waals surface area contributed by atoms with E-state index in [1.54, 1.807) is 0 Å². The van der Waals surface area contributed by atoms with Gasteiger partial charge in [0.15, 0.2) is 0 Å². The van der Waals surface area contributed by atoms with Crippen molar-refractivity contribution in [2.75, 3.05) is 0 Å². The van der Waals surface area contributed by atoms with Crippen molar-refractivity contribution in [1.29, 1.82) is 0 Å². The summed E-state index contributed by atoms with van der Waals surface area (Å²) >= 11 is 0. The normalized spacial score (nSPS) is 7.50. The van der Waals surface area contributed by atoms with Gasteiger partial charge >= 0.3 is 5.97 Å². The Morgan fingerprint density at radius 2 is 2.00 bits per heavy atom. The van der Waals surface area contributed by atoms with E-state index in [0.717, 1.165) is 6.08 Å². The minimum atomic E-state index is -3.12. The second kappa shape index (κ2) is 8.08. The van der Waals surface area contributed by atoms with E-state index in [9.17, 15) is 4.79 Å². The second-order valence-electron chi connectivity index (χ2n) is 0.879. The van der Waals surface area contributed by atoms with E-state index in [1.807, 2.05) is 0 Å². The Kier molecular flexibility index (Phi) is 9.56. The standard InChI is InChI=1S/C3H5NO2.H2O3S/c1-2-3(5)6-4;1-4(2)3/h2H,1,4H2;4H,(H,1,2,3). The van der Waals surface area contributed by atoms with Crippen LogP contribution in [0, 0.1) is 0 Å². The Morgan fingerprint density at radius 1 is 1.70 bits per heavy atom. The lowest BCUT2D eigenvalue weighted by molar-refractivity contribution is -0.138. The zero-order chi connectivity index (χ0) is 8.57. The second-order valence-corrected chi connectivity index (χ2v) is 1.35. The van der Waals surface area contributed by atoms with Crippen molar-refractivity contribution in [2.45, 2.75) is 0 Å². The molecule has 0 spiro atoms. The van der Waals surface area contributed by atoms with Gasteiger partial charge in [-0.15, -0.1) is 0 Å². The Hall–Kier alpha value is -0.920. The first-order chi connectivity index (χ1) is 4.54. The molecule has 0 unspecified atom stereocenters. The Bertz CT molecular complexity index is 166. The molecule has 0 rings (SSSR count). The summed E-state index contributed by atoms with van der Waals surface area (Å²) in [6, 6.07) is 0. The molecule has 0 aromatic rings. The predicted molar refractivity (Wildman–Crippen MR) is 33.4 cm³/mol. The summed E-state index contributed by atoms with van der Waals surface area (Å²) in [7, 11) is -3.12. The van der Waals surface area contributed by atoms with E-state index in [4.69, 9.17) is 13.0 Å². The average Bonchev–Trinajstić information content (AvgIpc) is 1.85. The van der Waals surface area contributed by atoms with Gasteiger partial charge in [0.05, 0.1) is 0 Å². The molecule has 3 N–H and O–H groups in total. The molecule has 0 saturated heterocycles. The summed E-state index contributed by atoms with van der Waals surface area (Å²) < 4.78 is 24.2. The zero-order valence-electron chi connectivity index (χ0n) is 4.89. The van der Waals surface area contributed by atoms with E-state index in [2.05, 4.69) is 17.3 Å². The molecule has 60 valence electrons. The van der Waals surface area contributed by atoms with Crippen LogP contribution in [0.3, 0.4) is 0 Å². The van der Waals surface area contributed by atoms with Gasteiger partial charge in [-0.25, -0.2) is 13.2 Å². The molecule has 0 bridgehead atoms. The van der Waals surface area contributed by atoms with Crippen molar-refractivity contribution in [3.05, 3.63) is 12.7 Å². The molecule has 0 amide bonds. The van der Waals surface area contributed by atoms with Gasteiger partial charge in [0.1, 0.15) is 0 Å². The molecule has 0 aliphatic carbocycles. The van der Waals surface area contributed by atoms with Crippen LogP contribution in [0.5, 0.6) is 0 Å². The van der Waals surface area contributed by atoms with E-state index < -0.39 is 17.0 Å². The highest BCUT2D eigenvalue weighted by Crippen LogP contribution is 1.64. The van der Waals surface area contributed by atoms with Crippen LogP contribution in [0.4, 0.5) is 0 Å². The van der Waals surface area contributed by atoms with E-state index in [1.165, 1.54) is 0 Å². The van der Waals surface area contributed by atoms with Crippen LogP contribution >= 0.6 is 0 Å². The number of nitrogens with two attached hydrogens (primary N) is 1. The molecule has 7 heteroatoms. The molecule has 0 saturated carbocycles. The maximum absolute atomic E-state index is 9.72. The van der Waals surface area contributed by atoms with E-state index >= 15 is 0 Å². The Balaban J connectivity index is 0. The monoisotopic (exact) mass is 169 g/mol. The van der Waals surface area contributed by atoms with Gasteiger partial charge < -0.3 is 4.84 Å². The molecular weight excluding hydrogens is 162 g/mol. The fourth-order valence-electron chi connectivity index (χ4n) is 0.0481. The smallest absolute Gasteiger partial charge is 0.348 e. The van der Waals surface area contributed by atoms with Gasteiger partial charge in [0.2, 0.25) is 0 Å². The molecule has 0 aromatic carbocycles. The number of rotatable bonds is 1. The van der Waals surface area contributed by atoms with Crippen LogP contribution in [0.2, 0.25) is 0 Å². The molecular formula is C3H7NO5S. The molecule has 0 aliphatic heterocycles. The highest BCUT2D eigenvalue weighted by atomic mass is 32.2. The van der Waals surface area contributed by atoms with Crippen LogP contribution < -0.4 is 5.90 Å². The summed E-state index contributed by atoms with van der Waals surface area (Å²) in [6.07, 6.45) is 0.986. The first-order valence-electron chi connectivity index (χ1n) is 1.91. The quantitative estimate of drug-likeness (QED) is 0.194. The molecule has 6 nitrogen and oxygen atoms in total. The minimum absolute atomic E-state index is 0.616. The summed E-state index contributed by atoms with van der Waals surface area (Å²) in [5, 5.41) is 0. The summed E-state index contributed by atoms with van der Waals surface area (Å²) in [6.45, 7) is 3.08. The third-order valence-corrected chi connectivity index (χ3v) is 0.283. The number of carbonyl (C=O) groups excluding carboxylic acids is 1. The topological polar surface area (TPSA) is 107 Å². The number of thiol groups is 1. The lowest BCUT2D eigenvalue weighted by atomic mass is 10.7. The van der Waals surface area contributed by atoms with Gasteiger partial charge in [-0.2, -0.15) is 5.90 Å². The third kappa shape index (κ3) is 27.6. The summed E-state index contributed by atoms with van der Waals surface area (Å²) in [5.74, 6) is 3.75. The van der Waals surface area contributed by atoms with E-state index in [-0.39, 0.29) is 0 Å². The molecule has 0 fully saturated rings. The first kappa shape index (κ1) is 11.8. The Morgan fingerprint density at radius 3 is 2.00 bits per heavy atom. The summed E-state index contributed by atoms with van der Waals surface area (Å²) in [5.41, 5.74) is 0. The molecule has 10 heavy (non-hydrogen) atoms. The fraction of sp³-hybridized carbons (Fsp3) is 0. The summed E-state index contributed by atoms with van der Waals surface area (Å²) in [4.78, 5) is 13.4. The highest BCUT2D eigenvalue weighted by Gasteiger charge is 1.83. The highest BCUT2D eigenvalue weighted by molar-refractivity contribution is 7.66. The van der Waals surface area contributed by atoms with Gasteiger partial charge in [-0.3, -0.25) is 4.55 Å². The number of carbonyl (C=O) groups is 1. The molecule has 0 radical (unpaired) electrons. The third-order valence-electron chi connectivity index (χ3n) is 0.283. The van der Waals surface area contributed by atoms with Crippen LogP contribution in [-0.2, 0) is 20.6 Å². The van der Waals surface area contributed by atoms with Crippen LogP contribution in [-0.4, -0.2) is 18.9 Å². The molecule has 0 aromatic heterocycles. The van der Waals surface area contributed by atoms with Crippen molar-refractivity contribution in [2.24, 2.45) is 5.90 Å². The molecule has 0 heterocycles. The fourth-order valence-corrected chi connectivity index (χ4v) is 0.0481. The van der Waals surface area contributed by atoms with Crippen molar-refractivity contribution < 1.29 is 22.6 Å². The van der Waals surface area contributed by atoms with E-state index in [0.29, 0.717) is 0 Å². The largest absolute Gasteiger partial charge is 0.370 e. The van der Waals surface area contributed by atoms with Crippen molar-refractivity contribution >= 4 is 17.0 Å². The minimum Gasteiger partial charge on any atom is -0.370 e. The molecule has 0 atom stereocenters. The Labute approximate surface area is 59.0 Å². The van der Waals surface area contributed by atoms with Crippen molar-refractivity contribution in [3.63, 3.8) is 0 Å². The molecule has 0 aliphatic rings. The van der Waals surface area contributed by atoms with Gasteiger partial charge in [-0.05, 0) is 0 Å². The average molecular weight is 169 g/mol. The van der Waals surface area contributed by atoms with Gasteiger partial charge in [-0.1, -0.05) is 6.58 Å². The van der Waals surface area contributed by atoms with Gasteiger partial charge in [0.25, 0.3) is 11.0 Å². The SMILES string of the molecule is C=CC(=O)ON.O=[SH](=O)O. The lowest BCUT2D eigenvalue weighted by Gasteiger charge is -1.81. The number of hydrogen-bond acceptors (Lipinski definition) is 5. The predicted octanol–water partition coefficient (Wildman–Crippen LogP) is -1.34. The maximum atomic E-state index is 9.72. The van der Waals surface area contributed by atoms with Crippen LogP contribution in [0.15, 0.2) is 12.7 Å². The zero-order valence-corrected chi connectivity index (χ0v) is 5.78. The first-order valence-corrected chi connectivity index (χ1v) is 3.04. The maximum Gasteiger partial charge on any atom is 0.348 e. The van der Waals surface area contributed by atoms with Crippen LogP contribution in [0.25, 0.3) is 0 Å².